The molecule has 2 N–H and O–H groups in total. The minimum atomic E-state index is -1.23. The predicted molar refractivity (Wildman–Crippen MR) is 74.9 cm³/mol. The van der Waals surface area contributed by atoms with Gasteiger partial charge < -0.3 is 10.4 Å². The predicted octanol–water partition coefficient (Wildman–Crippen LogP) is 1.67. The molecule has 9 heteroatoms. The highest BCUT2D eigenvalue weighted by atomic mass is 32.2. The zero-order valence-corrected chi connectivity index (χ0v) is 11.9. The van der Waals surface area contributed by atoms with Gasteiger partial charge in [-0.05, 0) is 30.6 Å². The number of nitro benzene ring substituents is 1. The lowest BCUT2D eigenvalue weighted by Gasteiger charge is -2.14. The molecule has 21 heavy (non-hydrogen) atoms. The molecule has 1 aromatic rings. The van der Waals surface area contributed by atoms with Gasteiger partial charge in [-0.25, -0.2) is 9.18 Å². The molecule has 0 spiro atoms. The van der Waals surface area contributed by atoms with Crippen LogP contribution in [0.5, 0.6) is 0 Å². The van der Waals surface area contributed by atoms with Crippen molar-refractivity contribution in [2.45, 2.75) is 12.5 Å². The number of carbonyl (C=O) groups is 2. The summed E-state index contributed by atoms with van der Waals surface area (Å²) in [6.45, 7) is 0. The van der Waals surface area contributed by atoms with Crippen LogP contribution in [0, 0.1) is 15.9 Å². The maximum absolute atomic E-state index is 13.0. The first-order chi connectivity index (χ1) is 9.86. The fraction of sp³-hybridized carbons (Fsp3) is 0.333. The lowest BCUT2D eigenvalue weighted by atomic mass is 10.1. The number of hydrogen-bond donors (Lipinski definition) is 2. The lowest BCUT2D eigenvalue weighted by molar-refractivity contribution is -0.385. The molecule has 0 aliphatic rings. The van der Waals surface area contributed by atoms with Gasteiger partial charge in [-0.2, -0.15) is 11.8 Å². The second-order valence-corrected chi connectivity index (χ2v) is 5.05. The molecule has 0 heterocycles. The normalized spacial score (nSPS) is 11.7. The highest BCUT2D eigenvalue weighted by molar-refractivity contribution is 7.98. The van der Waals surface area contributed by atoms with Gasteiger partial charge in [0.05, 0.1) is 11.0 Å². The van der Waals surface area contributed by atoms with Crippen LogP contribution in [0.1, 0.15) is 16.8 Å². The Morgan fingerprint density at radius 3 is 2.71 bits per heavy atom. The first kappa shape index (κ1) is 16.9. The van der Waals surface area contributed by atoms with E-state index in [1.807, 2.05) is 0 Å². The Labute approximate surface area is 123 Å². The zero-order valence-electron chi connectivity index (χ0n) is 11.0. The average molecular weight is 316 g/mol. The van der Waals surface area contributed by atoms with E-state index in [1.165, 1.54) is 11.8 Å². The number of rotatable bonds is 7. The third kappa shape index (κ3) is 4.71. The molecular weight excluding hydrogens is 303 g/mol. The van der Waals surface area contributed by atoms with Gasteiger partial charge in [-0.1, -0.05) is 0 Å². The number of aliphatic carboxylic acids is 1. The van der Waals surface area contributed by atoms with Gasteiger partial charge in [0.25, 0.3) is 11.6 Å². The van der Waals surface area contributed by atoms with Crippen LogP contribution in [0.3, 0.4) is 0 Å². The third-order valence-electron chi connectivity index (χ3n) is 2.62. The second kappa shape index (κ2) is 7.58. The van der Waals surface area contributed by atoms with E-state index in [2.05, 4.69) is 5.32 Å². The summed E-state index contributed by atoms with van der Waals surface area (Å²) in [5.41, 5.74) is -1.08. The number of nitro groups is 1. The SMILES string of the molecule is CSCC[C@H](NC(=O)c1ccc(F)cc1[N+](=O)[O-])C(=O)O. The minimum Gasteiger partial charge on any atom is -0.480 e. The maximum Gasteiger partial charge on any atom is 0.326 e. The van der Waals surface area contributed by atoms with Gasteiger partial charge in [0.1, 0.15) is 17.4 Å². The van der Waals surface area contributed by atoms with Crippen molar-refractivity contribution in [1.82, 2.24) is 5.32 Å². The van der Waals surface area contributed by atoms with Crippen LogP contribution < -0.4 is 5.32 Å². The van der Waals surface area contributed by atoms with Gasteiger partial charge >= 0.3 is 5.97 Å². The fourth-order valence-electron chi connectivity index (χ4n) is 1.58. The minimum absolute atomic E-state index is 0.178. The number of hydrogen-bond acceptors (Lipinski definition) is 5. The highest BCUT2D eigenvalue weighted by Gasteiger charge is 2.25. The Bertz CT molecular complexity index is 567. The summed E-state index contributed by atoms with van der Waals surface area (Å²) in [6.07, 6.45) is 1.96. The molecule has 1 aromatic carbocycles. The number of nitrogens with one attached hydrogen (secondary N) is 1. The summed E-state index contributed by atoms with van der Waals surface area (Å²) in [4.78, 5) is 32.9. The smallest absolute Gasteiger partial charge is 0.326 e. The summed E-state index contributed by atoms with van der Waals surface area (Å²) >= 11 is 1.41. The van der Waals surface area contributed by atoms with Crippen LogP contribution in [0.2, 0.25) is 0 Å². The summed E-state index contributed by atoms with van der Waals surface area (Å²) in [6, 6.07) is 1.32. The Kier molecular flexibility index (Phi) is 6.10. The van der Waals surface area contributed by atoms with Crippen molar-refractivity contribution in [3.63, 3.8) is 0 Å². The number of benzene rings is 1. The van der Waals surface area contributed by atoms with Crippen molar-refractivity contribution in [3.8, 4) is 0 Å². The molecule has 0 aliphatic heterocycles. The van der Waals surface area contributed by atoms with E-state index < -0.39 is 34.3 Å². The first-order valence-electron chi connectivity index (χ1n) is 5.83. The maximum atomic E-state index is 13.0. The van der Waals surface area contributed by atoms with Crippen molar-refractivity contribution in [2.24, 2.45) is 0 Å². The van der Waals surface area contributed by atoms with E-state index in [4.69, 9.17) is 5.11 Å². The van der Waals surface area contributed by atoms with Crippen LogP contribution >= 0.6 is 11.8 Å². The van der Waals surface area contributed by atoms with Crippen molar-refractivity contribution < 1.29 is 24.0 Å². The Morgan fingerprint density at radius 2 is 2.19 bits per heavy atom. The van der Waals surface area contributed by atoms with Crippen LogP contribution in [-0.4, -0.2) is 40.0 Å². The van der Waals surface area contributed by atoms with E-state index in [9.17, 15) is 24.1 Å². The van der Waals surface area contributed by atoms with Gasteiger partial charge in [-0.15, -0.1) is 0 Å². The van der Waals surface area contributed by atoms with Gasteiger partial charge in [-0.3, -0.25) is 14.9 Å². The number of carboxylic acids is 1. The molecule has 0 saturated heterocycles. The van der Waals surface area contributed by atoms with Gasteiger partial charge in [0, 0.05) is 0 Å². The molecule has 1 amide bonds. The molecule has 0 fully saturated rings. The number of amides is 1. The van der Waals surface area contributed by atoms with Crippen LogP contribution in [0.4, 0.5) is 10.1 Å². The topological polar surface area (TPSA) is 110 Å². The van der Waals surface area contributed by atoms with E-state index in [0.717, 1.165) is 12.1 Å². The van der Waals surface area contributed by atoms with E-state index >= 15 is 0 Å². The summed E-state index contributed by atoms with van der Waals surface area (Å²) in [7, 11) is 0. The molecule has 0 aliphatic carbocycles. The quantitative estimate of drug-likeness (QED) is 0.585. The molecule has 1 rings (SSSR count). The Morgan fingerprint density at radius 1 is 1.52 bits per heavy atom. The molecule has 0 unspecified atom stereocenters. The number of carbonyl (C=O) groups excluding carboxylic acids is 1. The third-order valence-corrected chi connectivity index (χ3v) is 3.26. The fourth-order valence-corrected chi connectivity index (χ4v) is 2.05. The molecule has 0 radical (unpaired) electrons. The van der Waals surface area contributed by atoms with Crippen LogP contribution in [0.15, 0.2) is 18.2 Å². The Hall–Kier alpha value is -2.16. The van der Waals surface area contributed by atoms with Crippen molar-refractivity contribution in [2.75, 3.05) is 12.0 Å². The van der Waals surface area contributed by atoms with Gasteiger partial charge in [0.2, 0.25) is 0 Å². The van der Waals surface area contributed by atoms with Crippen molar-refractivity contribution >= 4 is 29.3 Å². The molecular formula is C12H13FN2O5S. The molecule has 0 bridgehead atoms. The number of halogens is 1. The molecule has 0 saturated carbocycles. The zero-order chi connectivity index (χ0) is 16.0. The number of thioether (sulfide) groups is 1. The van der Waals surface area contributed by atoms with Gasteiger partial charge in [0.15, 0.2) is 0 Å². The standard InChI is InChI=1S/C12H13FN2O5S/c1-21-5-4-9(12(17)18)14-11(16)8-3-2-7(13)6-10(8)15(19)20/h2-3,6,9H,4-5H2,1H3,(H,14,16)(H,17,18)/t9-/m0/s1. The summed E-state index contributed by atoms with van der Waals surface area (Å²) in [5.74, 6) is -2.50. The van der Waals surface area contributed by atoms with Crippen LogP contribution in [-0.2, 0) is 4.79 Å². The van der Waals surface area contributed by atoms with E-state index in [-0.39, 0.29) is 12.0 Å². The average Bonchev–Trinajstić information content (AvgIpc) is 2.42. The highest BCUT2D eigenvalue weighted by Crippen LogP contribution is 2.20. The molecule has 114 valence electrons. The molecule has 1 atom stereocenters. The summed E-state index contributed by atoms with van der Waals surface area (Å²) in [5, 5.41) is 22.0. The first-order valence-corrected chi connectivity index (χ1v) is 7.22. The Balaban J connectivity index is 2.97. The number of nitrogens with zero attached hydrogens (tertiary/aromatic N) is 1. The lowest BCUT2D eigenvalue weighted by Crippen LogP contribution is -2.41. The van der Waals surface area contributed by atoms with Crippen molar-refractivity contribution in [3.05, 3.63) is 39.7 Å². The largest absolute Gasteiger partial charge is 0.480 e. The summed E-state index contributed by atoms with van der Waals surface area (Å²) < 4.78 is 13.0. The molecule has 0 aromatic heterocycles. The number of carboxylic acid groups (broad SMARTS) is 1. The molecule has 7 nitrogen and oxygen atoms in total. The monoisotopic (exact) mass is 316 g/mol. The van der Waals surface area contributed by atoms with E-state index in [0.29, 0.717) is 11.8 Å². The second-order valence-electron chi connectivity index (χ2n) is 4.06. The van der Waals surface area contributed by atoms with E-state index in [1.54, 1.807) is 6.26 Å². The van der Waals surface area contributed by atoms with Crippen LogP contribution in [0.25, 0.3) is 0 Å². The van der Waals surface area contributed by atoms with Crippen molar-refractivity contribution in [1.29, 1.82) is 0 Å².